The van der Waals surface area contributed by atoms with Crippen LogP contribution in [0.4, 0.5) is 0 Å². The fourth-order valence-electron chi connectivity index (χ4n) is 6.38. The molecule has 2 aliphatic heterocycles. The summed E-state index contributed by atoms with van der Waals surface area (Å²) in [4.78, 5) is 48.7. The summed E-state index contributed by atoms with van der Waals surface area (Å²) >= 11 is 0. The topological polar surface area (TPSA) is 181 Å². The molecule has 0 unspecified atom stereocenters. The van der Waals surface area contributed by atoms with E-state index < -0.39 is 91.9 Å². The van der Waals surface area contributed by atoms with Gasteiger partial charge in [0.1, 0.15) is 43.7 Å². The molecule has 15 nitrogen and oxygen atoms in total. The Morgan fingerprint density at radius 3 is 1.36 bits per heavy atom. The molecule has 1 N–H and O–H groups in total. The first-order valence-electron chi connectivity index (χ1n) is 18.2. The summed E-state index contributed by atoms with van der Waals surface area (Å²) in [7, 11) is 0. The van der Waals surface area contributed by atoms with Crippen molar-refractivity contribution in [2.45, 2.75) is 109 Å². The highest BCUT2D eigenvalue weighted by Crippen LogP contribution is 2.35. The zero-order valence-corrected chi connectivity index (χ0v) is 31.6. The first-order chi connectivity index (χ1) is 27.0. The number of rotatable bonds is 17. The normalized spacial score (nSPS) is 27.4. The van der Waals surface area contributed by atoms with E-state index in [1.807, 2.05) is 91.0 Å². The summed E-state index contributed by atoms with van der Waals surface area (Å²) in [5.41, 5.74) is 2.50. The number of aliphatic hydroxyl groups is 1. The van der Waals surface area contributed by atoms with Crippen molar-refractivity contribution in [3.63, 3.8) is 0 Å². The van der Waals surface area contributed by atoms with Crippen LogP contribution in [0.1, 0.15) is 44.4 Å². The Kier molecular flexibility index (Phi) is 15.9. The van der Waals surface area contributed by atoms with Gasteiger partial charge >= 0.3 is 23.9 Å². The molecule has 2 aliphatic rings. The molecule has 0 bridgehead atoms. The van der Waals surface area contributed by atoms with E-state index in [2.05, 4.69) is 0 Å². The highest BCUT2D eigenvalue weighted by Gasteiger charge is 2.55. The standard InChI is InChI=1S/C41H48O15/c1-25(42)47-23-32-34(49-20-29-14-8-5-9-15-29)36(50-21-30-16-10-6-11-17-30)39(51-22-31-18-12-7-13-19-31)41(55-32)56-38-37(53-28(4)45)35(52-27(3)44)33(54-40(38)46)24-48-26(2)43/h5-19,32-41,46H,20-24H2,1-4H3/t32-,33-,34-,35-,36+,37+,38+,39+,40+,41-/m1/s1. The lowest BCUT2D eigenvalue weighted by Crippen LogP contribution is -2.66. The molecule has 56 heavy (non-hydrogen) atoms. The van der Waals surface area contributed by atoms with Gasteiger partial charge < -0.3 is 52.5 Å². The lowest BCUT2D eigenvalue weighted by Gasteiger charge is -2.49. The van der Waals surface area contributed by atoms with Crippen LogP contribution in [0.3, 0.4) is 0 Å². The summed E-state index contributed by atoms with van der Waals surface area (Å²) in [5.74, 6) is -2.81. The van der Waals surface area contributed by atoms with E-state index in [1.54, 1.807) is 0 Å². The number of ether oxygens (including phenoxy) is 10. The first-order valence-corrected chi connectivity index (χ1v) is 18.2. The summed E-state index contributed by atoms with van der Waals surface area (Å²) in [6.07, 6.45) is -13.1. The average Bonchev–Trinajstić information content (AvgIpc) is 3.17. The summed E-state index contributed by atoms with van der Waals surface area (Å²) in [6, 6.07) is 28.2. The molecular weight excluding hydrogens is 732 g/mol. The van der Waals surface area contributed by atoms with Gasteiger partial charge in [-0.1, -0.05) is 91.0 Å². The summed E-state index contributed by atoms with van der Waals surface area (Å²) < 4.78 is 60.3. The molecule has 2 fully saturated rings. The number of carbonyl (C=O) groups excluding carboxylic acids is 4. The minimum absolute atomic E-state index is 0.0531. The molecule has 0 radical (unpaired) electrons. The number of benzene rings is 3. The highest BCUT2D eigenvalue weighted by atomic mass is 16.8. The number of hydrogen-bond acceptors (Lipinski definition) is 15. The van der Waals surface area contributed by atoms with E-state index >= 15 is 0 Å². The third-order valence-electron chi connectivity index (χ3n) is 8.85. The molecule has 3 aromatic rings. The Morgan fingerprint density at radius 2 is 0.911 bits per heavy atom. The number of aliphatic hydroxyl groups excluding tert-OH is 1. The van der Waals surface area contributed by atoms with Crippen molar-refractivity contribution in [3.8, 4) is 0 Å². The minimum Gasteiger partial charge on any atom is -0.463 e. The van der Waals surface area contributed by atoms with Gasteiger partial charge in [-0.15, -0.1) is 0 Å². The second-order valence-electron chi connectivity index (χ2n) is 13.2. The Labute approximate surface area is 325 Å². The quantitative estimate of drug-likeness (QED) is 0.155. The number of hydrogen-bond donors (Lipinski definition) is 1. The van der Waals surface area contributed by atoms with Crippen LogP contribution in [0.15, 0.2) is 91.0 Å². The molecule has 5 rings (SSSR count). The SMILES string of the molecule is CC(=O)OC[C@H]1O[C@H](O[C@H]2[C@@H](OC(C)=O)[C@H](OC(C)=O)[C@@H](COC(C)=O)O[C@@H]2O)[C@@H](OCc2ccccc2)[C@@H](OCc2ccccc2)[C@@H]1OCc1ccccc1. The fraction of sp³-hybridized carbons (Fsp3) is 0.463. The van der Waals surface area contributed by atoms with Gasteiger partial charge in [0.15, 0.2) is 30.9 Å². The molecule has 0 aliphatic carbocycles. The van der Waals surface area contributed by atoms with E-state index in [0.717, 1.165) is 30.5 Å². The van der Waals surface area contributed by atoms with Crippen molar-refractivity contribution in [1.29, 1.82) is 0 Å². The van der Waals surface area contributed by atoms with Gasteiger partial charge in [0.05, 0.1) is 19.8 Å². The highest BCUT2D eigenvalue weighted by molar-refractivity contribution is 5.68. The average molecular weight is 781 g/mol. The Balaban J connectivity index is 1.55. The monoisotopic (exact) mass is 780 g/mol. The molecule has 302 valence electrons. The van der Waals surface area contributed by atoms with E-state index in [9.17, 15) is 24.3 Å². The lowest BCUT2D eigenvalue weighted by atomic mass is 9.96. The maximum absolute atomic E-state index is 12.5. The van der Waals surface area contributed by atoms with Crippen LogP contribution >= 0.6 is 0 Å². The number of carbonyl (C=O) groups is 4. The van der Waals surface area contributed by atoms with Crippen LogP contribution in [0.5, 0.6) is 0 Å². The fourth-order valence-corrected chi connectivity index (χ4v) is 6.38. The van der Waals surface area contributed by atoms with Gasteiger partial charge in [0.2, 0.25) is 0 Å². The van der Waals surface area contributed by atoms with Gasteiger partial charge in [-0.05, 0) is 16.7 Å². The van der Waals surface area contributed by atoms with Crippen molar-refractivity contribution < 1.29 is 71.7 Å². The van der Waals surface area contributed by atoms with Crippen LogP contribution in [0, 0.1) is 0 Å². The van der Waals surface area contributed by atoms with E-state index in [-0.39, 0.29) is 26.4 Å². The Hall–Kier alpha value is -4.74. The van der Waals surface area contributed by atoms with Gasteiger partial charge in [0.25, 0.3) is 0 Å². The van der Waals surface area contributed by atoms with Crippen LogP contribution < -0.4 is 0 Å². The van der Waals surface area contributed by atoms with Gasteiger partial charge in [-0.25, -0.2) is 0 Å². The maximum atomic E-state index is 12.5. The minimum atomic E-state index is -1.84. The van der Waals surface area contributed by atoms with Crippen molar-refractivity contribution >= 4 is 23.9 Å². The van der Waals surface area contributed by atoms with Crippen molar-refractivity contribution in [1.82, 2.24) is 0 Å². The largest absolute Gasteiger partial charge is 0.463 e. The zero-order chi connectivity index (χ0) is 40.0. The van der Waals surface area contributed by atoms with E-state index in [4.69, 9.17) is 47.4 Å². The second kappa shape index (κ2) is 21.0. The second-order valence-corrected chi connectivity index (χ2v) is 13.2. The van der Waals surface area contributed by atoms with Crippen molar-refractivity contribution in [3.05, 3.63) is 108 Å². The predicted octanol–water partition coefficient (Wildman–Crippen LogP) is 3.56. The van der Waals surface area contributed by atoms with Crippen LogP contribution in [0.25, 0.3) is 0 Å². The third kappa shape index (κ3) is 12.4. The van der Waals surface area contributed by atoms with Crippen LogP contribution in [0.2, 0.25) is 0 Å². The molecule has 0 amide bonds. The van der Waals surface area contributed by atoms with E-state index in [1.165, 1.54) is 13.8 Å². The molecular formula is C41H48O15. The zero-order valence-electron chi connectivity index (χ0n) is 31.6. The molecule has 10 atom stereocenters. The van der Waals surface area contributed by atoms with Gasteiger partial charge in [-0.3, -0.25) is 19.2 Å². The first kappa shape index (κ1) is 42.4. The van der Waals surface area contributed by atoms with E-state index in [0.29, 0.717) is 0 Å². The molecule has 0 spiro atoms. The Morgan fingerprint density at radius 1 is 0.500 bits per heavy atom. The molecule has 15 heteroatoms. The molecule has 0 saturated carbocycles. The van der Waals surface area contributed by atoms with Crippen LogP contribution in [-0.2, 0) is 86.4 Å². The smallest absolute Gasteiger partial charge is 0.303 e. The molecule has 0 aromatic heterocycles. The van der Waals surface area contributed by atoms with Gasteiger partial charge in [-0.2, -0.15) is 0 Å². The lowest BCUT2D eigenvalue weighted by molar-refractivity contribution is -0.372. The molecule has 2 heterocycles. The van der Waals surface area contributed by atoms with Crippen LogP contribution in [-0.4, -0.2) is 104 Å². The van der Waals surface area contributed by atoms with Crippen molar-refractivity contribution in [2.75, 3.05) is 13.2 Å². The maximum Gasteiger partial charge on any atom is 0.303 e. The number of esters is 4. The van der Waals surface area contributed by atoms with Crippen molar-refractivity contribution in [2.24, 2.45) is 0 Å². The third-order valence-corrected chi connectivity index (χ3v) is 8.85. The Bertz CT molecular complexity index is 1690. The van der Waals surface area contributed by atoms with Gasteiger partial charge in [0, 0.05) is 27.7 Å². The molecule has 3 aromatic carbocycles. The summed E-state index contributed by atoms with van der Waals surface area (Å²) in [5, 5.41) is 11.4. The molecule has 2 saturated heterocycles. The predicted molar refractivity (Wildman–Crippen MR) is 194 cm³/mol. The summed E-state index contributed by atoms with van der Waals surface area (Å²) in [6.45, 7) is 4.24.